The number of nitrogens with one attached hydrogen (secondary N) is 1. The highest BCUT2D eigenvalue weighted by atomic mass is 32.2. The highest BCUT2D eigenvalue weighted by molar-refractivity contribution is 7.92. The molecule has 0 spiro atoms. The molecule has 1 atom stereocenters. The van der Waals surface area contributed by atoms with Gasteiger partial charge in [-0.3, -0.25) is 13.9 Å². The minimum Gasteiger partial charge on any atom is -0.497 e. The molecular formula is C24H33N3O6S. The standard InChI is InChI=1S/C24H33N3O6S/c1-6-22(24(29)25-7-2)26(16-18-8-12-20(32-3)13-9-18)23(28)17-27(34(5,30)31)19-10-14-21(33-4)15-11-19/h8-15,22H,6-7,16-17H2,1-5H3,(H,25,29). The molecule has 0 fully saturated rings. The molecule has 0 heterocycles. The fraction of sp³-hybridized carbons (Fsp3) is 0.417. The smallest absolute Gasteiger partial charge is 0.244 e. The molecule has 0 radical (unpaired) electrons. The summed E-state index contributed by atoms with van der Waals surface area (Å²) in [6.45, 7) is 3.72. The third-order valence-corrected chi connectivity index (χ3v) is 6.43. The van der Waals surface area contributed by atoms with Crippen molar-refractivity contribution in [2.45, 2.75) is 32.9 Å². The lowest BCUT2D eigenvalue weighted by molar-refractivity contribution is -0.140. The summed E-state index contributed by atoms with van der Waals surface area (Å²) in [4.78, 5) is 27.7. The van der Waals surface area contributed by atoms with Crippen molar-refractivity contribution in [1.82, 2.24) is 10.2 Å². The molecule has 0 aliphatic carbocycles. The van der Waals surface area contributed by atoms with Crippen molar-refractivity contribution in [2.24, 2.45) is 0 Å². The second-order valence-corrected chi connectivity index (χ2v) is 9.56. The van der Waals surface area contributed by atoms with Crippen LogP contribution in [0.5, 0.6) is 11.5 Å². The first-order chi connectivity index (χ1) is 16.1. The van der Waals surface area contributed by atoms with Gasteiger partial charge in [0.1, 0.15) is 24.1 Å². The van der Waals surface area contributed by atoms with Crippen LogP contribution in [0.25, 0.3) is 0 Å². The van der Waals surface area contributed by atoms with Gasteiger partial charge in [-0.15, -0.1) is 0 Å². The van der Waals surface area contributed by atoms with Gasteiger partial charge in [0.15, 0.2) is 0 Å². The zero-order valence-corrected chi connectivity index (χ0v) is 21.1. The lowest BCUT2D eigenvalue weighted by atomic mass is 10.1. The van der Waals surface area contributed by atoms with Gasteiger partial charge >= 0.3 is 0 Å². The Labute approximate surface area is 201 Å². The van der Waals surface area contributed by atoms with Crippen LogP contribution in [-0.4, -0.2) is 64.7 Å². The fourth-order valence-electron chi connectivity index (χ4n) is 3.50. The van der Waals surface area contributed by atoms with Gasteiger partial charge in [0.25, 0.3) is 0 Å². The van der Waals surface area contributed by atoms with Gasteiger partial charge in [-0.05, 0) is 55.3 Å². The highest BCUT2D eigenvalue weighted by Gasteiger charge is 2.31. The van der Waals surface area contributed by atoms with E-state index in [0.717, 1.165) is 16.1 Å². The Morgan fingerprint density at radius 3 is 1.91 bits per heavy atom. The van der Waals surface area contributed by atoms with E-state index in [4.69, 9.17) is 9.47 Å². The largest absolute Gasteiger partial charge is 0.497 e. The summed E-state index contributed by atoms with van der Waals surface area (Å²) >= 11 is 0. The van der Waals surface area contributed by atoms with Crippen molar-refractivity contribution in [3.8, 4) is 11.5 Å². The van der Waals surface area contributed by atoms with Crippen molar-refractivity contribution in [1.29, 1.82) is 0 Å². The quantitative estimate of drug-likeness (QED) is 0.489. The van der Waals surface area contributed by atoms with Crippen molar-refractivity contribution in [3.05, 3.63) is 54.1 Å². The van der Waals surface area contributed by atoms with Crippen LogP contribution in [-0.2, 0) is 26.2 Å². The second kappa shape index (κ2) is 12.3. The number of likely N-dealkylation sites (N-methyl/N-ethyl adjacent to an activating group) is 1. The minimum atomic E-state index is -3.78. The molecule has 2 aromatic carbocycles. The lowest BCUT2D eigenvalue weighted by Gasteiger charge is -2.32. The number of carbonyl (C=O) groups excluding carboxylic acids is 2. The summed E-state index contributed by atoms with van der Waals surface area (Å²) in [6, 6.07) is 12.8. The van der Waals surface area contributed by atoms with Crippen LogP contribution in [0.4, 0.5) is 5.69 Å². The Bertz CT molecular complexity index is 1060. The molecule has 0 aliphatic heterocycles. The Morgan fingerprint density at radius 1 is 0.941 bits per heavy atom. The van der Waals surface area contributed by atoms with Crippen LogP contribution in [0.3, 0.4) is 0 Å². The summed E-state index contributed by atoms with van der Waals surface area (Å²) in [7, 11) is -0.711. The molecule has 2 amide bonds. The number of rotatable bonds is 12. The molecule has 34 heavy (non-hydrogen) atoms. The summed E-state index contributed by atoms with van der Waals surface area (Å²) < 4.78 is 36.5. The van der Waals surface area contributed by atoms with Gasteiger partial charge in [-0.2, -0.15) is 0 Å². The van der Waals surface area contributed by atoms with Crippen LogP contribution < -0.4 is 19.1 Å². The van der Waals surface area contributed by atoms with Crippen molar-refractivity contribution in [3.63, 3.8) is 0 Å². The van der Waals surface area contributed by atoms with E-state index in [0.29, 0.717) is 30.2 Å². The van der Waals surface area contributed by atoms with Gasteiger partial charge in [0.05, 0.1) is 26.2 Å². The molecule has 9 nitrogen and oxygen atoms in total. The number of carbonyl (C=O) groups is 2. The molecule has 186 valence electrons. The van der Waals surface area contributed by atoms with Crippen LogP contribution in [0, 0.1) is 0 Å². The first-order valence-electron chi connectivity index (χ1n) is 11.0. The molecular weight excluding hydrogens is 458 g/mol. The van der Waals surface area contributed by atoms with Gasteiger partial charge < -0.3 is 19.7 Å². The Balaban J connectivity index is 2.40. The van der Waals surface area contributed by atoms with Crippen molar-refractivity contribution in [2.75, 3.05) is 37.9 Å². The van der Waals surface area contributed by atoms with Gasteiger partial charge in [0.2, 0.25) is 21.8 Å². The summed E-state index contributed by atoms with van der Waals surface area (Å²) in [5, 5.41) is 2.77. The van der Waals surface area contributed by atoms with Gasteiger partial charge in [0, 0.05) is 13.1 Å². The fourth-order valence-corrected chi connectivity index (χ4v) is 4.35. The third-order valence-electron chi connectivity index (χ3n) is 5.29. The SMILES string of the molecule is CCNC(=O)C(CC)N(Cc1ccc(OC)cc1)C(=O)CN(c1ccc(OC)cc1)S(C)(=O)=O. The monoisotopic (exact) mass is 491 g/mol. The minimum absolute atomic E-state index is 0.138. The molecule has 2 aromatic rings. The number of amides is 2. The average molecular weight is 492 g/mol. The van der Waals surface area contributed by atoms with Crippen LogP contribution in [0.15, 0.2) is 48.5 Å². The number of nitrogens with zero attached hydrogens (tertiary/aromatic N) is 2. The first kappa shape index (κ1) is 27.0. The van der Waals surface area contributed by atoms with E-state index in [2.05, 4.69) is 5.32 Å². The van der Waals surface area contributed by atoms with Crippen LogP contribution >= 0.6 is 0 Å². The average Bonchev–Trinajstić information content (AvgIpc) is 2.82. The zero-order valence-electron chi connectivity index (χ0n) is 20.3. The number of ether oxygens (including phenoxy) is 2. The number of benzene rings is 2. The molecule has 0 saturated heterocycles. The molecule has 2 rings (SSSR count). The van der Waals surface area contributed by atoms with E-state index in [-0.39, 0.29) is 12.5 Å². The number of sulfonamides is 1. The van der Waals surface area contributed by atoms with E-state index < -0.39 is 28.5 Å². The predicted octanol–water partition coefficient (Wildman–Crippen LogP) is 2.41. The molecule has 0 bridgehead atoms. The summed E-state index contributed by atoms with van der Waals surface area (Å²) in [5.74, 6) is 0.449. The molecule has 10 heteroatoms. The number of hydrogen-bond acceptors (Lipinski definition) is 6. The number of anilines is 1. The van der Waals surface area contributed by atoms with E-state index >= 15 is 0 Å². The predicted molar refractivity (Wildman–Crippen MR) is 131 cm³/mol. The van der Waals surface area contributed by atoms with E-state index in [9.17, 15) is 18.0 Å². The normalized spacial score (nSPS) is 11.9. The van der Waals surface area contributed by atoms with Crippen molar-refractivity contribution < 1.29 is 27.5 Å². The maximum atomic E-state index is 13.5. The Morgan fingerprint density at radius 2 is 1.47 bits per heavy atom. The molecule has 0 saturated carbocycles. The van der Waals surface area contributed by atoms with Gasteiger partial charge in [-0.1, -0.05) is 19.1 Å². The molecule has 0 aliphatic rings. The van der Waals surface area contributed by atoms with E-state index in [1.165, 1.54) is 12.0 Å². The van der Waals surface area contributed by atoms with E-state index in [1.807, 2.05) is 6.92 Å². The van der Waals surface area contributed by atoms with E-state index in [1.54, 1.807) is 62.6 Å². The Kier molecular flexibility index (Phi) is 9.73. The van der Waals surface area contributed by atoms with Crippen molar-refractivity contribution >= 4 is 27.5 Å². The topological polar surface area (TPSA) is 105 Å². The Hall–Kier alpha value is -3.27. The highest BCUT2D eigenvalue weighted by Crippen LogP contribution is 2.23. The van der Waals surface area contributed by atoms with Crippen LogP contribution in [0.2, 0.25) is 0 Å². The van der Waals surface area contributed by atoms with Gasteiger partial charge in [-0.25, -0.2) is 8.42 Å². The third kappa shape index (κ3) is 7.11. The summed E-state index contributed by atoms with van der Waals surface area (Å²) in [6.07, 6.45) is 1.41. The maximum Gasteiger partial charge on any atom is 0.244 e. The summed E-state index contributed by atoms with van der Waals surface area (Å²) in [5.41, 5.74) is 1.11. The van der Waals surface area contributed by atoms with Crippen LogP contribution in [0.1, 0.15) is 25.8 Å². The molecule has 1 N–H and O–H groups in total. The maximum absolute atomic E-state index is 13.5. The second-order valence-electron chi connectivity index (χ2n) is 7.66. The number of methoxy groups -OCH3 is 2. The molecule has 1 unspecified atom stereocenters. The number of hydrogen-bond donors (Lipinski definition) is 1. The zero-order chi connectivity index (χ0) is 25.3. The first-order valence-corrected chi connectivity index (χ1v) is 12.8. The lowest BCUT2D eigenvalue weighted by Crippen LogP contribution is -2.52. The molecule has 0 aromatic heterocycles.